The van der Waals surface area contributed by atoms with Gasteiger partial charge in [0.15, 0.2) is 0 Å². The largest absolute Gasteiger partial charge is 0.463 e. The number of rotatable bonds is 13. The van der Waals surface area contributed by atoms with E-state index in [4.69, 9.17) is 9.84 Å². The first-order valence-electron chi connectivity index (χ1n) is 8.32. The Morgan fingerprint density at radius 2 is 1.17 bits per heavy atom. The number of carbonyl (C=O) groups excluding carboxylic acids is 1. The molecule has 0 saturated heterocycles. The van der Waals surface area contributed by atoms with E-state index in [0.29, 0.717) is 0 Å². The van der Waals surface area contributed by atoms with Gasteiger partial charge in [-0.3, -0.25) is 4.79 Å². The van der Waals surface area contributed by atoms with Gasteiger partial charge in [0.1, 0.15) is 6.10 Å². The van der Waals surface area contributed by atoms with Crippen LogP contribution < -0.4 is 0 Å². The van der Waals surface area contributed by atoms with Crippen LogP contribution in [0.15, 0.2) is 0 Å². The maximum atomic E-state index is 10.8. The molecular formula is C16H32O8. The number of ether oxygens (including phenoxy) is 1. The van der Waals surface area contributed by atoms with Gasteiger partial charge in [0.05, 0.1) is 30.5 Å². The van der Waals surface area contributed by atoms with Gasteiger partial charge in [-0.2, -0.15) is 0 Å². The van der Waals surface area contributed by atoms with Crippen molar-refractivity contribution < 1.29 is 40.2 Å². The molecule has 0 bridgehead atoms. The quantitative estimate of drug-likeness (QED) is 0.233. The van der Waals surface area contributed by atoms with Crippen molar-refractivity contribution in [2.45, 2.75) is 89.0 Å². The van der Waals surface area contributed by atoms with Crippen LogP contribution in [0.1, 0.15) is 52.4 Å². The zero-order valence-electron chi connectivity index (χ0n) is 14.4. The third-order valence-corrected chi connectivity index (χ3v) is 3.61. The second kappa shape index (κ2) is 12.6. The molecule has 0 aromatic carbocycles. The van der Waals surface area contributed by atoms with Crippen LogP contribution in [0.2, 0.25) is 0 Å². The first-order chi connectivity index (χ1) is 11.1. The van der Waals surface area contributed by atoms with Gasteiger partial charge in [-0.1, -0.05) is 0 Å². The molecule has 0 heterocycles. The highest BCUT2D eigenvalue weighted by molar-refractivity contribution is 5.66. The molecule has 0 amide bonds. The van der Waals surface area contributed by atoms with Gasteiger partial charge in [0.25, 0.3) is 0 Å². The lowest BCUT2D eigenvalue weighted by Gasteiger charge is -2.22. The van der Waals surface area contributed by atoms with E-state index in [0.717, 1.165) is 0 Å². The minimum absolute atomic E-state index is 0.0144. The molecule has 0 radical (unpaired) electrons. The molecule has 6 atom stereocenters. The standard InChI is InChI=1S/C16H32O8/c1-10(24-11(2)18)5-13(20)7-15(22)9-16(23)8-14(21)6-12(19)3-4-17/h10,12-17,19-23H,3-9H2,1-2H3. The van der Waals surface area contributed by atoms with E-state index in [1.807, 2.05) is 0 Å². The molecule has 0 saturated carbocycles. The highest BCUT2D eigenvalue weighted by atomic mass is 16.5. The molecule has 0 aliphatic carbocycles. The zero-order chi connectivity index (χ0) is 18.7. The van der Waals surface area contributed by atoms with Crippen molar-refractivity contribution in [2.75, 3.05) is 6.61 Å². The van der Waals surface area contributed by atoms with Crippen molar-refractivity contribution >= 4 is 5.97 Å². The monoisotopic (exact) mass is 352 g/mol. The van der Waals surface area contributed by atoms with Crippen LogP contribution >= 0.6 is 0 Å². The van der Waals surface area contributed by atoms with Crippen LogP contribution in [-0.4, -0.2) is 79.8 Å². The van der Waals surface area contributed by atoms with E-state index in [2.05, 4.69) is 0 Å². The third kappa shape index (κ3) is 12.6. The number of hydrogen-bond acceptors (Lipinski definition) is 8. The van der Waals surface area contributed by atoms with Crippen molar-refractivity contribution in [3.8, 4) is 0 Å². The molecule has 0 spiro atoms. The summed E-state index contributed by atoms with van der Waals surface area (Å²) in [7, 11) is 0. The summed E-state index contributed by atoms with van der Waals surface area (Å²) in [5.41, 5.74) is 0. The number of esters is 1. The minimum atomic E-state index is -0.977. The first-order valence-corrected chi connectivity index (χ1v) is 8.32. The summed E-state index contributed by atoms with van der Waals surface area (Å²) >= 11 is 0. The Hall–Kier alpha value is -0.770. The zero-order valence-corrected chi connectivity index (χ0v) is 14.4. The molecule has 0 aromatic rings. The van der Waals surface area contributed by atoms with Crippen LogP contribution in [0.5, 0.6) is 0 Å². The molecular weight excluding hydrogens is 320 g/mol. The molecule has 0 fully saturated rings. The lowest BCUT2D eigenvalue weighted by atomic mass is 9.97. The average Bonchev–Trinajstić information content (AvgIpc) is 2.35. The number of aliphatic hydroxyl groups is 6. The second-order valence-electron chi connectivity index (χ2n) is 6.38. The Morgan fingerprint density at radius 3 is 1.54 bits per heavy atom. The van der Waals surface area contributed by atoms with E-state index in [1.165, 1.54) is 6.92 Å². The summed E-state index contributed by atoms with van der Waals surface area (Å²) in [6.07, 6.45) is -4.71. The smallest absolute Gasteiger partial charge is 0.302 e. The molecule has 24 heavy (non-hydrogen) atoms. The number of carbonyl (C=O) groups is 1. The number of aliphatic hydroxyl groups excluding tert-OH is 6. The fourth-order valence-electron chi connectivity index (χ4n) is 2.62. The Balaban J connectivity index is 4.03. The van der Waals surface area contributed by atoms with Crippen molar-refractivity contribution in [1.29, 1.82) is 0 Å². The highest BCUT2D eigenvalue weighted by Crippen LogP contribution is 2.15. The van der Waals surface area contributed by atoms with Crippen molar-refractivity contribution in [3.63, 3.8) is 0 Å². The van der Waals surface area contributed by atoms with Gasteiger partial charge in [0.2, 0.25) is 0 Å². The van der Waals surface area contributed by atoms with E-state index in [9.17, 15) is 30.3 Å². The molecule has 0 aromatic heterocycles. The maximum absolute atomic E-state index is 10.8. The van der Waals surface area contributed by atoms with Gasteiger partial charge in [0, 0.05) is 20.0 Å². The summed E-state index contributed by atoms with van der Waals surface area (Å²) in [6, 6.07) is 0. The average molecular weight is 352 g/mol. The van der Waals surface area contributed by atoms with Crippen LogP contribution in [0, 0.1) is 0 Å². The van der Waals surface area contributed by atoms with E-state index >= 15 is 0 Å². The minimum Gasteiger partial charge on any atom is -0.463 e. The van der Waals surface area contributed by atoms with Crippen LogP contribution in [-0.2, 0) is 9.53 Å². The fourth-order valence-corrected chi connectivity index (χ4v) is 2.62. The van der Waals surface area contributed by atoms with Crippen LogP contribution in [0.25, 0.3) is 0 Å². The van der Waals surface area contributed by atoms with Crippen molar-refractivity contribution in [1.82, 2.24) is 0 Å². The van der Waals surface area contributed by atoms with Gasteiger partial charge in [-0.15, -0.1) is 0 Å². The predicted octanol–water partition coefficient (Wildman–Crippen LogP) is -0.925. The number of hydrogen-bond donors (Lipinski definition) is 6. The summed E-state index contributed by atoms with van der Waals surface area (Å²) in [4.78, 5) is 10.8. The van der Waals surface area contributed by atoms with Crippen LogP contribution in [0.4, 0.5) is 0 Å². The van der Waals surface area contributed by atoms with E-state index in [1.54, 1.807) is 6.92 Å². The van der Waals surface area contributed by atoms with Crippen LogP contribution in [0.3, 0.4) is 0 Å². The predicted molar refractivity (Wildman–Crippen MR) is 86.0 cm³/mol. The summed E-state index contributed by atoms with van der Waals surface area (Å²) in [6.45, 7) is 2.73. The van der Waals surface area contributed by atoms with Crippen molar-refractivity contribution in [3.05, 3.63) is 0 Å². The molecule has 0 aliphatic heterocycles. The maximum Gasteiger partial charge on any atom is 0.302 e. The molecule has 144 valence electrons. The Kier molecular flexibility index (Phi) is 12.2. The summed E-state index contributed by atoms with van der Waals surface area (Å²) in [5.74, 6) is -0.442. The fraction of sp³-hybridized carbons (Fsp3) is 0.938. The molecule has 0 aliphatic rings. The Bertz CT molecular complexity index is 338. The van der Waals surface area contributed by atoms with Gasteiger partial charge >= 0.3 is 5.97 Å². The SMILES string of the molecule is CC(=O)OC(C)CC(O)CC(O)CC(O)CC(O)CC(O)CCO. The van der Waals surface area contributed by atoms with E-state index in [-0.39, 0.29) is 45.1 Å². The van der Waals surface area contributed by atoms with E-state index < -0.39 is 42.6 Å². The third-order valence-electron chi connectivity index (χ3n) is 3.61. The Morgan fingerprint density at radius 1 is 0.792 bits per heavy atom. The highest BCUT2D eigenvalue weighted by Gasteiger charge is 2.21. The van der Waals surface area contributed by atoms with Gasteiger partial charge in [-0.05, 0) is 39.0 Å². The van der Waals surface area contributed by atoms with Crippen molar-refractivity contribution in [2.24, 2.45) is 0 Å². The topological polar surface area (TPSA) is 148 Å². The summed E-state index contributed by atoms with van der Waals surface area (Å²) < 4.78 is 4.89. The normalized spacial score (nSPS) is 19.2. The van der Waals surface area contributed by atoms with Gasteiger partial charge in [-0.25, -0.2) is 0 Å². The molecule has 8 nitrogen and oxygen atoms in total. The lowest BCUT2D eigenvalue weighted by Crippen LogP contribution is -2.29. The lowest BCUT2D eigenvalue weighted by molar-refractivity contribution is -0.146. The molecule has 6 unspecified atom stereocenters. The summed E-state index contributed by atoms with van der Waals surface area (Å²) in [5, 5.41) is 57.4. The van der Waals surface area contributed by atoms with Gasteiger partial charge < -0.3 is 35.4 Å². The molecule has 6 N–H and O–H groups in total. The second-order valence-corrected chi connectivity index (χ2v) is 6.38. The Labute approximate surface area is 142 Å². The molecule has 8 heteroatoms. The first kappa shape index (κ1) is 23.2. The molecule has 0 rings (SSSR count).